The van der Waals surface area contributed by atoms with Crippen LogP contribution in [0.15, 0.2) is 65.5 Å². The van der Waals surface area contributed by atoms with Crippen molar-refractivity contribution in [2.24, 2.45) is 0 Å². The Balaban J connectivity index is 1.61. The first-order valence-corrected chi connectivity index (χ1v) is 9.97. The molecule has 1 atom stereocenters. The van der Waals surface area contributed by atoms with Gasteiger partial charge in [-0.15, -0.1) is 0 Å². The van der Waals surface area contributed by atoms with Gasteiger partial charge in [0.05, 0.1) is 18.8 Å². The van der Waals surface area contributed by atoms with Crippen molar-refractivity contribution in [2.45, 2.75) is 19.9 Å². The van der Waals surface area contributed by atoms with E-state index in [2.05, 4.69) is 10.4 Å². The van der Waals surface area contributed by atoms with Crippen molar-refractivity contribution < 1.29 is 18.7 Å². The molecule has 1 N–H and O–H groups in total. The molecule has 31 heavy (non-hydrogen) atoms. The van der Waals surface area contributed by atoms with Crippen molar-refractivity contribution in [1.82, 2.24) is 15.1 Å². The fourth-order valence-corrected chi connectivity index (χ4v) is 2.88. The highest BCUT2D eigenvalue weighted by Gasteiger charge is 2.17. The van der Waals surface area contributed by atoms with Gasteiger partial charge in [-0.25, -0.2) is 9.07 Å². The molecule has 3 rings (SSSR count). The van der Waals surface area contributed by atoms with Gasteiger partial charge >= 0.3 is 0 Å². The summed E-state index contributed by atoms with van der Waals surface area (Å²) in [5, 5.41) is 7.08. The monoisotopic (exact) mass is 425 g/mol. The largest absolute Gasteiger partial charge is 0.494 e. The summed E-state index contributed by atoms with van der Waals surface area (Å²) in [6.07, 6.45) is 0. The Kier molecular flexibility index (Phi) is 7.37. The number of carbonyl (C=O) groups excluding carboxylic acids is 1. The number of carbonyl (C=O) groups is 1. The highest BCUT2D eigenvalue weighted by Crippen LogP contribution is 2.20. The van der Waals surface area contributed by atoms with Gasteiger partial charge in [0.25, 0.3) is 5.56 Å². The van der Waals surface area contributed by atoms with E-state index in [1.807, 2.05) is 31.2 Å². The smallest absolute Gasteiger partial charge is 0.267 e. The van der Waals surface area contributed by atoms with E-state index in [9.17, 15) is 14.0 Å². The number of hydrogen-bond donors (Lipinski definition) is 1. The predicted octanol–water partition coefficient (Wildman–Crippen LogP) is 3.20. The SMILES string of the molecule is CCOc1ccc(-c2ccc(=O)n(C(C)C(=O)NCCOc3ccc(F)cc3)n2)cc1. The minimum atomic E-state index is -0.805. The number of nitrogens with zero attached hydrogens (tertiary/aromatic N) is 2. The minimum absolute atomic E-state index is 0.207. The number of ether oxygens (including phenoxy) is 2. The molecule has 3 aromatic rings. The molecule has 0 aliphatic carbocycles. The van der Waals surface area contributed by atoms with Crippen LogP contribution < -0.4 is 20.3 Å². The van der Waals surface area contributed by atoms with Gasteiger partial charge in [-0.3, -0.25) is 9.59 Å². The third-order valence-corrected chi connectivity index (χ3v) is 4.52. The van der Waals surface area contributed by atoms with Gasteiger partial charge in [0.2, 0.25) is 5.91 Å². The normalized spacial score (nSPS) is 11.6. The average Bonchev–Trinajstić information content (AvgIpc) is 2.78. The second-order valence-corrected chi connectivity index (χ2v) is 6.73. The van der Waals surface area contributed by atoms with E-state index in [1.165, 1.54) is 30.3 Å². The Bertz CT molecular complexity index is 1070. The van der Waals surface area contributed by atoms with Crippen LogP contribution in [-0.2, 0) is 4.79 Å². The molecular formula is C23H24FN3O4. The molecule has 162 valence electrons. The summed E-state index contributed by atoms with van der Waals surface area (Å²) < 4.78 is 24.9. The molecule has 0 bridgehead atoms. The Morgan fingerprint density at radius 3 is 2.35 bits per heavy atom. The number of nitrogens with one attached hydrogen (secondary N) is 1. The number of rotatable bonds is 9. The molecule has 0 spiro atoms. The fraction of sp³-hybridized carbons (Fsp3) is 0.261. The quantitative estimate of drug-likeness (QED) is 0.533. The summed E-state index contributed by atoms with van der Waals surface area (Å²) in [6.45, 7) is 4.52. The lowest BCUT2D eigenvalue weighted by Crippen LogP contribution is -2.38. The number of halogens is 1. The first kappa shape index (κ1) is 22.0. The second-order valence-electron chi connectivity index (χ2n) is 6.73. The molecule has 1 aromatic heterocycles. The van der Waals surface area contributed by atoms with Crippen molar-refractivity contribution in [2.75, 3.05) is 19.8 Å². The van der Waals surface area contributed by atoms with E-state index in [0.717, 1.165) is 16.0 Å². The zero-order chi connectivity index (χ0) is 22.2. The first-order valence-electron chi connectivity index (χ1n) is 9.97. The van der Waals surface area contributed by atoms with Crippen LogP contribution in [0, 0.1) is 5.82 Å². The van der Waals surface area contributed by atoms with E-state index < -0.39 is 6.04 Å². The average molecular weight is 425 g/mol. The summed E-state index contributed by atoms with van der Waals surface area (Å²) in [7, 11) is 0. The van der Waals surface area contributed by atoms with E-state index in [4.69, 9.17) is 9.47 Å². The fourth-order valence-electron chi connectivity index (χ4n) is 2.88. The van der Waals surface area contributed by atoms with Crippen LogP contribution >= 0.6 is 0 Å². The Hall–Kier alpha value is -3.68. The lowest BCUT2D eigenvalue weighted by molar-refractivity contribution is -0.124. The molecule has 1 unspecified atom stereocenters. The Labute approximate surface area is 179 Å². The van der Waals surface area contributed by atoms with Crippen molar-refractivity contribution in [3.63, 3.8) is 0 Å². The van der Waals surface area contributed by atoms with Crippen LogP contribution in [0.25, 0.3) is 11.3 Å². The third-order valence-electron chi connectivity index (χ3n) is 4.52. The highest BCUT2D eigenvalue weighted by atomic mass is 19.1. The molecule has 8 heteroatoms. The maximum absolute atomic E-state index is 12.9. The highest BCUT2D eigenvalue weighted by molar-refractivity contribution is 5.79. The van der Waals surface area contributed by atoms with Gasteiger partial charge in [0.15, 0.2) is 0 Å². The van der Waals surface area contributed by atoms with Crippen LogP contribution in [-0.4, -0.2) is 35.4 Å². The lowest BCUT2D eigenvalue weighted by Gasteiger charge is -2.15. The zero-order valence-electron chi connectivity index (χ0n) is 17.4. The van der Waals surface area contributed by atoms with Gasteiger partial charge in [0, 0.05) is 11.6 Å². The van der Waals surface area contributed by atoms with Crippen LogP contribution in [0.4, 0.5) is 4.39 Å². The molecule has 0 saturated carbocycles. The van der Waals surface area contributed by atoms with Crippen LogP contribution in [0.2, 0.25) is 0 Å². The molecular weight excluding hydrogens is 401 g/mol. The lowest BCUT2D eigenvalue weighted by atomic mass is 10.1. The van der Waals surface area contributed by atoms with Crippen LogP contribution in [0.3, 0.4) is 0 Å². The zero-order valence-corrected chi connectivity index (χ0v) is 17.4. The Morgan fingerprint density at radius 1 is 1.03 bits per heavy atom. The van der Waals surface area contributed by atoms with Crippen molar-refractivity contribution in [1.29, 1.82) is 0 Å². The molecule has 0 radical (unpaired) electrons. The standard InChI is InChI=1S/C23H24FN3O4/c1-3-30-19-8-4-17(5-9-19)21-12-13-22(28)27(26-21)16(2)23(29)25-14-15-31-20-10-6-18(24)7-11-20/h4-13,16H,3,14-15H2,1-2H3,(H,25,29). The van der Waals surface area contributed by atoms with E-state index in [0.29, 0.717) is 18.1 Å². The predicted molar refractivity (Wildman–Crippen MR) is 115 cm³/mol. The van der Waals surface area contributed by atoms with Crippen molar-refractivity contribution in [3.05, 3.63) is 76.8 Å². The van der Waals surface area contributed by atoms with Gasteiger partial charge in [-0.1, -0.05) is 0 Å². The minimum Gasteiger partial charge on any atom is -0.494 e. The van der Waals surface area contributed by atoms with Crippen molar-refractivity contribution >= 4 is 5.91 Å². The first-order chi connectivity index (χ1) is 15.0. The summed E-state index contributed by atoms with van der Waals surface area (Å²) >= 11 is 0. The molecule has 2 aromatic carbocycles. The molecule has 1 heterocycles. The maximum Gasteiger partial charge on any atom is 0.267 e. The molecule has 0 fully saturated rings. The molecule has 0 aliphatic rings. The number of hydrogen-bond acceptors (Lipinski definition) is 5. The number of aromatic nitrogens is 2. The van der Waals surface area contributed by atoms with Crippen molar-refractivity contribution in [3.8, 4) is 22.8 Å². The summed E-state index contributed by atoms with van der Waals surface area (Å²) in [5.74, 6) is 0.542. The van der Waals surface area contributed by atoms with E-state index >= 15 is 0 Å². The topological polar surface area (TPSA) is 82.5 Å². The number of benzene rings is 2. The number of amides is 1. The third kappa shape index (κ3) is 5.91. The van der Waals surface area contributed by atoms with Gasteiger partial charge < -0.3 is 14.8 Å². The van der Waals surface area contributed by atoms with Gasteiger partial charge in [-0.2, -0.15) is 5.10 Å². The second kappa shape index (κ2) is 10.4. The van der Waals surface area contributed by atoms with Gasteiger partial charge in [0.1, 0.15) is 30.0 Å². The summed E-state index contributed by atoms with van der Waals surface area (Å²) in [5.41, 5.74) is 0.999. The maximum atomic E-state index is 12.9. The Morgan fingerprint density at radius 2 is 1.68 bits per heavy atom. The molecule has 7 nitrogen and oxygen atoms in total. The van der Waals surface area contributed by atoms with E-state index in [1.54, 1.807) is 13.0 Å². The van der Waals surface area contributed by atoms with Crippen LogP contribution in [0.1, 0.15) is 19.9 Å². The summed E-state index contributed by atoms with van der Waals surface area (Å²) in [4.78, 5) is 24.8. The van der Waals surface area contributed by atoms with Crippen LogP contribution in [0.5, 0.6) is 11.5 Å². The molecule has 0 aliphatic heterocycles. The van der Waals surface area contributed by atoms with Gasteiger partial charge in [-0.05, 0) is 68.4 Å². The molecule has 1 amide bonds. The van der Waals surface area contributed by atoms with E-state index in [-0.39, 0.29) is 30.4 Å². The molecule has 0 saturated heterocycles. The summed E-state index contributed by atoms with van der Waals surface area (Å²) in [6, 6.07) is 15.2.